The van der Waals surface area contributed by atoms with E-state index < -0.39 is 10.0 Å². The second-order valence-corrected chi connectivity index (χ2v) is 6.95. The van der Waals surface area contributed by atoms with Crippen LogP contribution in [-0.2, 0) is 10.0 Å². The van der Waals surface area contributed by atoms with Gasteiger partial charge in [-0.25, -0.2) is 13.6 Å². The summed E-state index contributed by atoms with van der Waals surface area (Å²) >= 11 is 0. The van der Waals surface area contributed by atoms with Gasteiger partial charge in [0.2, 0.25) is 10.0 Å². The molecule has 112 valence electrons. The molecule has 1 aromatic rings. The van der Waals surface area contributed by atoms with E-state index >= 15 is 0 Å². The second kappa shape index (κ2) is 6.01. The lowest BCUT2D eigenvalue weighted by Crippen LogP contribution is -2.18. The molecule has 1 aromatic carbocycles. The molecule has 0 amide bonds. The van der Waals surface area contributed by atoms with Gasteiger partial charge in [-0.3, -0.25) is 0 Å². The Kier molecular flexibility index (Phi) is 4.55. The Balaban J connectivity index is 2.29. The van der Waals surface area contributed by atoms with E-state index in [1.165, 1.54) is 18.9 Å². The molecular weight excluding hydrogens is 276 g/mol. The van der Waals surface area contributed by atoms with E-state index in [0.717, 1.165) is 25.7 Å². The predicted octanol–water partition coefficient (Wildman–Crippen LogP) is 2.33. The number of benzene rings is 1. The summed E-state index contributed by atoms with van der Waals surface area (Å²) in [6.45, 7) is 1.70. The van der Waals surface area contributed by atoms with E-state index in [4.69, 9.17) is 15.6 Å². The number of primary sulfonamides is 1. The van der Waals surface area contributed by atoms with Gasteiger partial charge in [0.15, 0.2) is 0 Å². The van der Waals surface area contributed by atoms with E-state index in [1.807, 2.05) is 0 Å². The molecule has 0 unspecified atom stereocenters. The first-order chi connectivity index (χ1) is 9.38. The zero-order valence-corrected chi connectivity index (χ0v) is 12.6. The Morgan fingerprint density at radius 3 is 2.30 bits per heavy atom. The average Bonchev–Trinajstić information content (AvgIpc) is 2.60. The number of hydrogen-bond acceptors (Lipinski definition) is 4. The molecule has 0 radical (unpaired) electrons. The van der Waals surface area contributed by atoms with E-state index in [0.29, 0.717) is 17.0 Å². The topological polar surface area (TPSA) is 95.4 Å². The molecule has 5 nitrogen and oxygen atoms in total. The van der Waals surface area contributed by atoms with Crippen molar-refractivity contribution in [2.75, 3.05) is 5.73 Å². The van der Waals surface area contributed by atoms with Crippen LogP contribution in [0.3, 0.4) is 0 Å². The van der Waals surface area contributed by atoms with Crippen molar-refractivity contribution in [3.05, 3.63) is 17.7 Å². The van der Waals surface area contributed by atoms with Crippen LogP contribution in [0.2, 0.25) is 0 Å². The lowest BCUT2D eigenvalue weighted by Gasteiger charge is -2.20. The van der Waals surface area contributed by atoms with Gasteiger partial charge in [-0.2, -0.15) is 0 Å². The molecule has 0 bridgehead atoms. The highest BCUT2D eigenvalue weighted by atomic mass is 32.2. The van der Waals surface area contributed by atoms with Crippen molar-refractivity contribution in [1.29, 1.82) is 0 Å². The van der Waals surface area contributed by atoms with Gasteiger partial charge in [0.1, 0.15) is 5.75 Å². The van der Waals surface area contributed by atoms with Gasteiger partial charge in [-0.15, -0.1) is 0 Å². The van der Waals surface area contributed by atoms with Crippen LogP contribution < -0.4 is 15.6 Å². The summed E-state index contributed by atoms with van der Waals surface area (Å²) in [4.78, 5) is 0.0427. The fraction of sp³-hybridized carbons (Fsp3) is 0.571. The smallest absolute Gasteiger partial charge is 0.238 e. The zero-order chi connectivity index (χ0) is 14.8. The lowest BCUT2D eigenvalue weighted by atomic mass is 10.1. The molecular formula is C14H22N2O3S. The molecule has 1 aliphatic rings. The van der Waals surface area contributed by atoms with Crippen molar-refractivity contribution in [2.24, 2.45) is 5.14 Å². The summed E-state index contributed by atoms with van der Waals surface area (Å²) in [5.74, 6) is 0.529. The van der Waals surface area contributed by atoms with Crippen LogP contribution in [0.5, 0.6) is 5.75 Å². The molecule has 1 saturated carbocycles. The van der Waals surface area contributed by atoms with E-state index in [-0.39, 0.29) is 11.0 Å². The highest BCUT2D eigenvalue weighted by molar-refractivity contribution is 7.89. The Labute approximate surface area is 120 Å². The molecule has 1 aliphatic carbocycles. The van der Waals surface area contributed by atoms with Crippen LogP contribution in [0.4, 0.5) is 5.69 Å². The van der Waals surface area contributed by atoms with Crippen LogP contribution in [0.15, 0.2) is 17.0 Å². The maximum absolute atomic E-state index is 11.6. The van der Waals surface area contributed by atoms with Gasteiger partial charge in [0.05, 0.1) is 11.0 Å². The fourth-order valence-corrected chi connectivity index (χ4v) is 3.47. The SMILES string of the molecule is Cc1c(OC2CCCCCC2)cc(N)cc1S(N)(=O)=O. The highest BCUT2D eigenvalue weighted by Gasteiger charge is 2.19. The summed E-state index contributed by atoms with van der Waals surface area (Å²) < 4.78 is 29.1. The Hall–Kier alpha value is -1.27. The first-order valence-corrected chi connectivity index (χ1v) is 8.52. The molecule has 0 atom stereocenters. The third-order valence-electron chi connectivity index (χ3n) is 3.74. The van der Waals surface area contributed by atoms with Gasteiger partial charge in [0, 0.05) is 17.3 Å². The highest BCUT2D eigenvalue weighted by Crippen LogP contribution is 2.31. The van der Waals surface area contributed by atoms with E-state index in [1.54, 1.807) is 13.0 Å². The van der Waals surface area contributed by atoms with Crippen LogP contribution in [0, 0.1) is 6.92 Å². The largest absolute Gasteiger partial charge is 0.490 e. The lowest BCUT2D eigenvalue weighted by molar-refractivity contribution is 0.182. The molecule has 0 aromatic heterocycles. The minimum atomic E-state index is -3.79. The van der Waals surface area contributed by atoms with Crippen LogP contribution in [0.1, 0.15) is 44.1 Å². The van der Waals surface area contributed by atoms with Gasteiger partial charge in [-0.1, -0.05) is 12.8 Å². The van der Waals surface area contributed by atoms with Crippen LogP contribution in [-0.4, -0.2) is 14.5 Å². The standard InChI is InChI=1S/C14H22N2O3S/c1-10-13(19-12-6-4-2-3-5-7-12)8-11(15)9-14(10)20(16,17)18/h8-9,12H,2-7,15H2,1H3,(H2,16,17,18). The monoisotopic (exact) mass is 298 g/mol. The Morgan fingerprint density at radius 1 is 1.15 bits per heavy atom. The molecule has 0 spiro atoms. The van der Waals surface area contributed by atoms with Crippen molar-refractivity contribution in [3.8, 4) is 5.75 Å². The fourth-order valence-electron chi connectivity index (χ4n) is 2.64. The molecule has 2 rings (SSSR count). The second-order valence-electron chi connectivity index (χ2n) is 5.42. The summed E-state index contributed by atoms with van der Waals surface area (Å²) in [6.07, 6.45) is 6.89. The van der Waals surface area contributed by atoms with Crippen LogP contribution >= 0.6 is 0 Å². The Morgan fingerprint density at radius 2 is 1.75 bits per heavy atom. The van der Waals surface area contributed by atoms with Gasteiger partial charge >= 0.3 is 0 Å². The normalized spacial score (nSPS) is 17.7. The molecule has 1 fully saturated rings. The van der Waals surface area contributed by atoms with Crippen molar-refractivity contribution in [3.63, 3.8) is 0 Å². The summed E-state index contributed by atoms with van der Waals surface area (Å²) in [5.41, 5.74) is 6.64. The predicted molar refractivity (Wildman–Crippen MR) is 79.1 cm³/mol. The minimum absolute atomic E-state index is 0.0427. The number of hydrogen-bond donors (Lipinski definition) is 2. The summed E-state index contributed by atoms with van der Waals surface area (Å²) in [6, 6.07) is 3.06. The molecule has 0 aliphatic heterocycles. The zero-order valence-electron chi connectivity index (χ0n) is 11.8. The number of nitrogen functional groups attached to an aromatic ring is 1. The molecule has 0 saturated heterocycles. The third kappa shape index (κ3) is 3.64. The molecule has 4 N–H and O–H groups in total. The quantitative estimate of drug-likeness (QED) is 0.661. The van der Waals surface area contributed by atoms with Crippen molar-refractivity contribution < 1.29 is 13.2 Å². The van der Waals surface area contributed by atoms with Crippen molar-refractivity contribution in [1.82, 2.24) is 0 Å². The van der Waals surface area contributed by atoms with Crippen molar-refractivity contribution >= 4 is 15.7 Å². The first-order valence-electron chi connectivity index (χ1n) is 6.97. The van der Waals surface area contributed by atoms with Gasteiger partial charge < -0.3 is 10.5 Å². The maximum atomic E-state index is 11.6. The number of nitrogens with two attached hydrogens (primary N) is 2. The minimum Gasteiger partial charge on any atom is -0.490 e. The summed E-state index contributed by atoms with van der Waals surface area (Å²) in [5, 5.41) is 5.21. The van der Waals surface area contributed by atoms with Gasteiger partial charge in [-0.05, 0) is 38.7 Å². The third-order valence-corrected chi connectivity index (χ3v) is 4.77. The van der Waals surface area contributed by atoms with Gasteiger partial charge in [0.25, 0.3) is 0 Å². The molecule has 20 heavy (non-hydrogen) atoms. The number of rotatable bonds is 3. The first kappa shape index (κ1) is 15.1. The number of ether oxygens (including phenoxy) is 1. The Bertz CT molecular complexity index is 576. The number of anilines is 1. The van der Waals surface area contributed by atoms with Crippen LogP contribution in [0.25, 0.3) is 0 Å². The van der Waals surface area contributed by atoms with Crippen molar-refractivity contribution in [2.45, 2.75) is 56.4 Å². The molecule has 6 heteroatoms. The van der Waals surface area contributed by atoms with E-state index in [2.05, 4.69) is 0 Å². The number of sulfonamides is 1. The maximum Gasteiger partial charge on any atom is 0.238 e. The summed E-state index contributed by atoms with van der Waals surface area (Å²) in [7, 11) is -3.79. The molecule has 0 heterocycles. The average molecular weight is 298 g/mol. The van der Waals surface area contributed by atoms with E-state index in [9.17, 15) is 8.42 Å².